The summed E-state index contributed by atoms with van der Waals surface area (Å²) in [4.78, 5) is 24.6. The standard InChI is InChI=1S/C31H31FI2N4O7/c1-4-43-25-13-20(28-27(30(40)42-3)17(2)36-31(41)37-28)8-9-24(25)44-16-26(39)38-35-14-19-11-22(33)29(23(34)12-19)45-15-18-6-5-7-21(32)10-18/h5-14,26,28,38-39H,4,15-16H2,1-3H3,(H2,36,37,41)/b35-14-/t26-,28+/m1/s1. The largest absolute Gasteiger partial charge is 0.490 e. The average molecular weight is 844 g/mol. The molecule has 1 heterocycles. The van der Waals surface area contributed by atoms with Crippen LogP contribution in [0.5, 0.6) is 17.2 Å². The summed E-state index contributed by atoms with van der Waals surface area (Å²) in [6.07, 6.45) is 0.411. The van der Waals surface area contributed by atoms with E-state index in [1.54, 1.807) is 43.5 Å². The van der Waals surface area contributed by atoms with Gasteiger partial charge in [0.05, 0.1) is 38.7 Å². The molecule has 238 valence electrons. The smallest absolute Gasteiger partial charge is 0.337 e. The number of ether oxygens (including phenoxy) is 4. The summed E-state index contributed by atoms with van der Waals surface area (Å²) in [7, 11) is 1.27. The lowest BCUT2D eigenvalue weighted by Gasteiger charge is -2.28. The summed E-state index contributed by atoms with van der Waals surface area (Å²) in [6.45, 7) is 3.84. The van der Waals surface area contributed by atoms with Crippen LogP contribution in [0.1, 0.15) is 36.6 Å². The molecule has 45 heavy (non-hydrogen) atoms. The Bertz CT molecular complexity index is 1600. The SMILES string of the molecule is CCOc1cc([C@@H]2NC(=O)NC(C)=C2C(=O)OC)ccc1OC[C@@H](O)N/N=C\c1cc(I)c(OCc2cccc(F)c2)c(I)c1. The van der Waals surface area contributed by atoms with Gasteiger partial charge in [0.2, 0.25) is 0 Å². The number of amides is 2. The van der Waals surface area contributed by atoms with Crippen molar-refractivity contribution in [3.63, 3.8) is 0 Å². The maximum Gasteiger partial charge on any atom is 0.337 e. The molecule has 11 nitrogen and oxygen atoms in total. The molecule has 2 amide bonds. The lowest BCUT2D eigenvalue weighted by Crippen LogP contribution is -2.45. The highest BCUT2D eigenvalue weighted by Crippen LogP contribution is 2.35. The third-order valence-electron chi connectivity index (χ3n) is 6.40. The number of allylic oxidation sites excluding steroid dienone is 1. The minimum absolute atomic E-state index is 0.158. The van der Waals surface area contributed by atoms with E-state index >= 15 is 0 Å². The molecule has 0 aromatic heterocycles. The summed E-state index contributed by atoms with van der Waals surface area (Å²) in [5, 5.41) is 19.9. The number of nitrogens with zero attached hydrogens (tertiary/aromatic N) is 1. The summed E-state index contributed by atoms with van der Waals surface area (Å²) >= 11 is 4.33. The topological polar surface area (TPSA) is 140 Å². The van der Waals surface area contributed by atoms with Crippen molar-refractivity contribution in [2.24, 2.45) is 5.10 Å². The number of aliphatic hydroxyl groups excluding tert-OH is 1. The molecule has 3 aromatic rings. The Morgan fingerprint density at radius 1 is 1.11 bits per heavy atom. The lowest BCUT2D eigenvalue weighted by atomic mass is 9.95. The van der Waals surface area contributed by atoms with Crippen LogP contribution in [0, 0.1) is 13.0 Å². The van der Waals surface area contributed by atoms with Crippen molar-refractivity contribution >= 4 is 63.4 Å². The third-order valence-corrected chi connectivity index (χ3v) is 8.00. The van der Waals surface area contributed by atoms with E-state index < -0.39 is 24.3 Å². The Morgan fingerprint density at radius 2 is 1.87 bits per heavy atom. The number of hydrogen-bond donors (Lipinski definition) is 4. The second-order valence-corrected chi connectivity index (χ2v) is 12.0. The maximum atomic E-state index is 13.5. The Labute approximate surface area is 286 Å². The predicted molar refractivity (Wildman–Crippen MR) is 182 cm³/mol. The molecule has 0 unspecified atom stereocenters. The van der Waals surface area contributed by atoms with Gasteiger partial charge in [0, 0.05) is 5.70 Å². The Hall–Kier alpha value is -3.64. The molecule has 1 aliphatic rings. The van der Waals surface area contributed by atoms with Gasteiger partial charge >= 0.3 is 12.0 Å². The number of esters is 1. The van der Waals surface area contributed by atoms with Crippen LogP contribution in [-0.4, -0.2) is 49.9 Å². The van der Waals surface area contributed by atoms with Gasteiger partial charge in [-0.3, -0.25) is 5.43 Å². The van der Waals surface area contributed by atoms with Gasteiger partial charge < -0.3 is 34.7 Å². The highest BCUT2D eigenvalue weighted by Gasteiger charge is 2.32. The van der Waals surface area contributed by atoms with Gasteiger partial charge in [-0.15, -0.1) is 0 Å². The summed E-state index contributed by atoms with van der Waals surface area (Å²) < 4.78 is 37.6. The first kappa shape index (κ1) is 34.2. The van der Waals surface area contributed by atoms with Gasteiger partial charge in [0.1, 0.15) is 24.8 Å². The number of halogens is 3. The monoisotopic (exact) mass is 844 g/mol. The highest BCUT2D eigenvalue weighted by atomic mass is 127. The van der Waals surface area contributed by atoms with Gasteiger partial charge in [-0.25, -0.2) is 14.0 Å². The fourth-order valence-corrected chi connectivity index (χ4v) is 6.52. The number of carbonyl (C=O) groups excluding carboxylic acids is 2. The van der Waals surface area contributed by atoms with E-state index in [1.807, 2.05) is 19.1 Å². The van der Waals surface area contributed by atoms with Crippen molar-refractivity contribution in [1.82, 2.24) is 16.1 Å². The van der Waals surface area contributed by atoms with E-state index in [9.17, 15) is 19.1 Å². The molecule has 0 saturated carbocycles. The molecular weight excluding hydrogens is 813 g/mol. The van der Waals surface area contributed by atoms with Crippen LogP contribution in [-0.2, 0) is 16.1 Å². The second-order valence-electron chi connectivity index (χ2n) is 9.65. The molecule has 0 radical (unpaired) electrons. The molecule has 14 heteroatoms. The van der Waals surface area contributed by atoms with Crippen molar-refractivity contribution in [2.75, 3.05) is 20.3 Å². The molecule has 4 N–H and O–H groups in total. The van der Waals surface area contributed by atoms with E-state index in [0.29, 0.717) is 35.1 Å². The number of aliphatic hydroxyl groups is 1. The first-order valence-corrected chi connectivity index (χ1v) is 15.8. The maximum absolute atomic E-state index is 13.5. The number of methoxy groups -OCH3 is 1. The summed E-state index contributed by atoms with van der Waals surface area (Å²) in [5.41, 5.74) is 5.37. The van der Waals surface area contributed by atoms with Crippen LogP contribution in [0.25, 0.3) is 0 Å². The minimum Gasteiger partial charge on any atom is -0.490 e. The van der Waals surface area contributed by atoms with Gasteiger partial charge in [-0.05, 0) is 112 Å². The molecule has 0 saturated heterocycles. The molecule has 2 atom stereocenters. The first-order chi connectivity index (χ1) is 21.6. The Morgan fingerprint density at radius 3 is 2.56 bits per heavy atom. The summed E-state index contributed by atoms with van der Waals surface area (Å²) in [5.74, 6) is 0.512. The van der Waals surface area contributed by atoms with E-state index in [-0.39, 0.29) is 24.6 Å². The third kappa shape index (κ3) is 9.20. The van der Waals surface area contributed by atoms with Gasteiger partial charge in [-0.2, -0.15) is 5.10 Å². The number of rotatable bonds is 13. The summed E-state index contributed by atoms with van der Waals surface area (Å²) in [6, 6.07) is 13.8. The molecule has 0 bridgehead atoms. The number of nitrogens with one attached hydrogen (secondary N) is 3. The predicted octanol–water partition coefficient (Wildman–Crippen LogP) is 5.13. The number of urea groups is 1. The van der Waals surface area contributed by atoms with E-state index in [0.717, 1.165) is 18.3 Å². The normalized spacial score (nSPS) is 15.3. The molecule has 4 rings (SSSR count). The van der Waals surface area contributed by atoms with E-state index in [1.165, 1.54) is 19.2 Å². The van der Waals surface area contributed by atoms with E-state index in [4.69, 9.17) is 18.9 Å². The molecule has 0 spiro atoms. The molecule has 0 fully saturated rings. The Balaban J connectivity index is 1.37. The second kappa shape index (κ2) is 16.1. The number of hydrazone groups is 1. The lowest BCUT2D eigenvalue weighted by molar-refractivity contribution is -0.136. The van der Waals surface area contributed by atoms with E-state index in [2.05, 4.69) is 66.3 Å². The van der Waals surface area contributed by atoms with Crippen LogP contribution in [0.15, 0.2) is 71.0 Å². The van der Waals surface area contributed by atoms with Gasteiger partial charge in [0.15, 0.2) is 17.7 Å². The number of benzene rings is 3. The zero-order valence-electron chi connectivity index (χ0n) is 24.5. The van der Waals surface area contributed by atoms with Crippen LogP contribution in [0.4, 0.5) is 9.18 Å². The van der Waals surface area contributed by atoms with Crippen molar-refractivity contribution < 1.29 is 38.0 Å². The van der Waals surface area contributed by atoms with Crippen LogP contribution < -0.4 is 30.3 Å². The van der Waals surface area contributed by atoms with Gasteiger partial charge in [-0.1, -0.05) is 18.2 Å². The fraction of sp³-hybridized carbons (Fsp3) is 0.258. The molecule has 3 aromatic carbocycles. The quantitative estimate of drug-likeness (QED) is 0.0611. The van der Waals surface area contributed by atoms with Gasteiger partial charge in [0.25, 0.3) is 0 Å². The zero-order valence-corrected chi connectivity index (χ0v) is 28.8. The van der Waals surface area contributed by atoms with Crippen molar-refractivity contribution in [3.05, 3.63) is 95.5 Å². The first-order valence-electron chi connectivity index (χ1n) is 13.7. The molecular formula is C31H31FI2N4O7. The van der Waals surface area contributed by atoms with Crippen LogP contribution in [0.2, 0.25) is 0 Å². The average Bonchev–Trinajstić information content (AvgIpc) is 2.99. The number of carbonyl (C=O) groups is 2. The number of hydrogen-bond acceptors (Lipinski definition) is 9. The highest BCUT2D eigenvalue weighted by molar-refractivity contribution is 14.1. The zero-order chi connectivity index (χ0) is 32.5. The molecule has 0 aliphatic carbocycles. The minimum atomic E-state index is -1.15. The van der Waals surface area contributed by atoms with Crippen molar-refractivity contribution in [1.29, 1.82) is 0 Å². The Kier molecular flexibility index (Phi) is 12.2. The fourth-order valence-electron chi connectivity index (χ4n) is 4.39. The van der Waals surface area contributed by atoms with Crippen LogP contribution >= 0.6 is 45.2 Å². The molecule has 1 aliphatic heterocycles. The van der Waals surface area contributed by atoms with Crippen molar-refractivity contribution in [2.45, 2.75) is 32.7 Å². The van der Waals surface area contributed by atoms with Crippen molar-refractivity contribution in [3.8, 4) is 17.2 Å². The van der Waals surface area contributed by atoms with Crippen LogP contribution in [0.3, 0.4) is 0 Å².